The Morgan fingerprint density at radius 3 is 2.57 bits per heavy atom. The van der Waals surface area contributed by atoms with E-state index in [1.807, 2.05) is 12.1 Å². The fourth-order valence-corrected chi connectivity index (χ4v) is 4.75. The van der Waals surface area contributed by atoms with Crippen LogP contribution in [0.4, 0.5) is 0 Å². The van der Waals surface area contributed by atoms with Crippen LogP contribution in [0.3, 0.4) is 0 Å². The zero-order valence-corrected chi connectivity index (χ0v) is 18.4. The van der Waals surface area contributed by atoms with Crippen molar-refractivity contribution >= 4 is 11.8 Å². The summed E-state index contributed by atoms with van der Waals surface area (Å²) >= 11 is 0. The lowest BCUT2D eigenvalue weighted by Gasteiger charge is -2.43. The van der Waals surface area contributed by atoms with Gasteiger partial charge in [0.1, 0.15) is 0 Å². The number of hydrogen-bond donors (Lipinski definition) is 1. The summed E-state index contributed by atoms with van der Waals surface area (Å²) in [7, 11) is 0. The summed E-state index contributed by atoms with van der Waals surface area (Å²) in [6, 6.07) is 6.80. The van der Waals surface area contributed by atoms with Gasteiger partial charge in [0.25, 0.3) is 5.91 Å². The van der Waals surface area contributed by atoms with Crippen LogP contribution >= 0.6 is 0 Å². The van der Waals surface area contributed by atoms with Crippen LogP contribution < -0.4 is 5.32 Å². The van der Waals surface area contributed by atoms with Gasteiger partial charge in [-0.25, -0.2) is 0 Å². The summed E-state index contributed by atoms with van der Waals surface area (Å²) in [5, 5.41) is 2.99. The van der Waals surface area contributed by atoms with E-state index in [0.717, 1.165) is 76.7 Å². The second-order valence-electron chi connectivity index (χ2n) is 9.06. The maximum Gasteiger partial charge on any atom is 0.251 e. The lowest BCUT2D eigenvalue weighted by molar-refractivity contribution is -0.135. The molecule has 2 heterocycles. The molecular weight excluding hydrogens is 376 g/mol. The minimum atomic E-state index is 0.0184. The largest absolute Gasteiger partial charge is 0.352 e. The molecule has 1 saturated carbocycles. The van der Waals surface area contributed by atoms with Crippen molar-refractivity contribution in [2.45, 2.75) is 58.0 Å². The highest BCUT2D eigenvalue weighted by Gasteiger charge is 2.30. The maximum atomic E-state index is 12.8. The number of amides is 2. The molecule has 2 amide bonds. The number of hydrogen-bond acceptors (Lipinski definition) is 4. The van der Waals surface area contributed by atoms with Gasteiger partial charge in [0, 0.05) is 57.4 Å². The molecule has 4 rings (SSSR count). The van der Waals surface area contributed by atoms with Gasteiger partial charge in [0.15, 0.2) is 0 Å². The van der Waals surface area contributed by atoms with Crippen molar-refractivity contribution in [3.63, 3.8) is 0 Å². The van der Waals surface area contributed by atoms with E-state index in [1.54, 1.807) is 0 Å². The zero-order valence-electron chi connectivity index (χ0n) is 18.4. The standard InChI is InChI=1S/C24H36N4O2/c1-2-3-10-25-24(30)20-7-8-21-17-26(11-9-19(21)16-20)18-23(29)28-14-12-27(13-15-28)22-5-4-6-22/h7-8,16,22H,2-6,9-15,17-18H2,1H3,(H,25,30). The van der Waals surface area contributed by atoms with Crippen molar-refractivity contribution < 1.29 is 9.59 Å². The molecule has 0 atom stereocenters. The van der Waals surface area contributed by atoms with Crippen molar-refractivity contribution in [3.05, 3.63) is 34.9 Å². The average molecular weight is 413 g/mol. The summed E-state index contributed by atoms with van der Waals surface area (Å²) in [4.78, 5) is 32.0. The summed E-state index contributed by atoms with van der Waals surface area (Å²) in [6.07, 6.45) is 7.02. The fourth-order valence-electron chi connectivity index (χ4n) is 4.75. The highest BCUT2D eigenvalue weighted by Crippen LogP contribution is 2.26. The Labute approximate surface area is 180 Å². The van der Waals surface area contributed by atoms with Crippen LogP contribution in [0.25, 0.3) is 0 Å². The topological polar surface area (TPSA) is 55.9 Å². The number of fused-ring (bicyclic) bond motifs is 1. The lowest BCUT2D eigenvalue weighted by atomic mass is 9.91. The van der Waals surface area contributed by atoms with Gasteiger partial charge in [-0.2, -0.15) is 0 Å². The average Bonchev–Trinajstić information content (AvgIpc) is 2.72. The minimum absolute atomic E-state index is 0.0184. The van der Waals surface area contributed by atoms with Gasteiger partial charge in [-0.15, -0.1) is 0 Å². The first-order chi connectivity index (χ1) is 14.6. The molecule has 2 fully saturated rings. The van der Waals surface area contributed by atoms with Gasteiger partial charge in [0.05, 0.1) is 6.54 Å². The second kappa shape index (κ2) is 9.92. The quantitative estimate of drug-likeness (QED) is 0.698. The van der Waals surface area contributed by atoms with Gasteiger partial charge in [0.2, 0.25) is 5.91 Å². The summed E-state index contributed by atoms with van der Waals surface area (Å²) in [5.74, 6) is 0.281. The third-order valence-corrected chi connectivity index (χ3v) is 6.99. The molecule has 0 bridgehead atoms. The predicted octanol–water partition coefficient (Wildman–Crippen LogP) is 2.27. The molecule has 30 heavy (non-hydrogen) atoms. The van der Waals surface area contributed by atoms with E-state index in [2.05, 4.69) is 33.0 Å². The molecule has 0 aromatic heterocycles. The summed E-state index contributed by atoms with van der Waals surface area (Å²) in [6.45, 7) is 8.83. The van der Waals surface area contributed by atoms with Crippen LogP contribution in [0, 0.1) is 0 Å². The molecule has 0 radical (unpaired) electrons. The van der Waals surface area contributed by atoms with E-state index in [9.17, 15) is 9.59 Å². The normalized spacial score (nSPS) is 20.5. The Balaban J connectivity index is 1.26. The minimum Gasteiger partial charge on any atom is -0.352 e. The highest BCUT2D eigenvalue weighted by molar-refractivity contribution is 5.94. The molecule has 1 aliphatic carbocycles. The fraction of sp³-hybridized carbons (Fsp3) is 0.667. The second-order valence-corrected chi connectivity index (χ2v) is 9.06. The van der Waals surface area contributed by atoms with Crippen LogP contribution in [0.15, 0.2) is 18.2 Å². The Morgan fingerprint density at radius 1 is 1.07 bits per heavy atom. The van der Waals surface area contributed by atoms with Gasteiger partial charge >= 0.3 is 0 Å². The van der Waals surface area contributed by atoms with Crippen LogP contribution in [-0.4, -0.2) is 78.4 Å². The van der Waals surface area contributed by atoms with Crippen molar-refractivity contribution in [3.8, 4) is 0 Å². The van der Waals surface area contributed by atoms with E-state index in [0.29, 0.717) is 6.54 Å². The third kappa shape index (κ3) is 5.03. The van der Waals surface area contributed by atoms with E-state index in [-0.39, 0.29) is 11.8 Å². The zero-order chi connectivity index (χ0) is 20.9. The molecule has 3 aliphatic rings. The van der Waals surface area contributed by atoms with Crippen LogP contribution in [0.5, 0.6) is 0 Å². The molecule has 164 valence electrons. The molecule has 2 aliphatic heterocycles. The van der Waals surface area contributed by atoms with Crippen molar-refractivity contribution in [2.75, 3.05) is 45.8 Å². The molecule has 6 heteroatoms. The molecule has 1 saturated heterocycles. The van der Waals surface area contributed by atoms with Gasteiger partial charge in [-0.3, -0.25) is 19.4 Å². The van der Waals surface area contributed by atoms with E-state index in [1.165, 1.54) is 30.4 Å². The molecule has 1 N–H and O–H groups in total. The van der Waals surface area contributed by atoms with Gasteiger partial charge in [-0.1, -0.05) is 25.8 Å². The van der Waals surface area contributed by atoms with Crippen molar-refractivity contribution in [1.29, 1.82) is 0 Å². The monoisotopic (exact) mass is 412 g/mol. The number of rotatable bonds is 7. The van der Waals surface area contributed by atoms with E-state index < -0.39 is 0 Å². The Hall–Kier alpha value is -1.92. The van der Waals surface area contributed by atoms with Gasteiger partial charge in [-0.05, 0) is 48.9 Å². The number of unbranched alkanes of at least 4 members (excludes halogenated alkanes) is 1. The smallest absolute Gasteiger partial charge is 0.251 e. The van der Waals surface area contributed by atoms with Crippen LogP contribution in [0.2, 0.25) is 0 Å². The number of piperazine rings is 1. The molecular formula is C24H36N4O2. The molecule has 1 aromatic rings. The number of nitrogens with one attached hydrogen (secondary N) is 1. The Morgan fingerprint density at radius 2 is 1.87 bits per heavy atom. The van der Waals surface area contributed by atoms with E-state index >= 15 is 0 Å². The third-order valence-electron chi connectivity index (χ3n) is 6.99. The molecule has 6 nitrogen and oxygen atoms in total. The van der Waals surface area contributed by atoms with Crippen molar-refractivity contribution in [2.24, 2.45) is 0 Å². The number of carbonyl (C=O) groups excluding carboxylic acids is 2. The maximum absolute atomic E-state index is 12.8. The SMILES string of the molecule is CCCCNC(=O)c1ccc2c(c1)CCN(CC(=O)N1CCN(C3CCC3)CC1)C2. The highest BCUT2D eigenvalue weighted by atomic mass is 16.2. The molecule has 1 aromatic carbocycles. The predicted molar refractivity (Wildman–Crippen MR) is 118 cm³/mol. The van der Waals surface area contributed by atoms with Gasteiger partial charge < -0.3 is 10.2 Å². The Bertz CT molecular complexity index is 754. The van der Waals surface area contributed by atoms with Crippen molar-refractivity contribution in [1.82, 2.24) is 20.0 Å². The number of nitrogens with zero attached hydrogens (tertiary/aromatic N) is 3. The first-order valence-electron chi connectivity index (χ1n) is 11.8. The molecule has 0 unspecified atom stereocenters. The summed E-state index contributed by atoms with van der Waals surface area (Å²) < 4.78 is 0. The van der Waals surface area contributed by atoms with Crippen LogP contribution in [-0.2, 0) is 17.8 Å². The first-order valence-corrected chi connectivity index (χ1v) is 11.8. The van der Waals surface area contributed by atoms with Crippen LogP contribution in [0.1, 0.15) is 60.5 Å². The number of benzene rings is 1. The van der Waals surface area contributed by atoms with E-state index in [4.69, 9.17) is 0 Å². The number of carbonyl (C=O) groups is 2. The molecule has 0 spiro atoms. The Kier molecular flexibility index (Phi) is 7.05. The lowest BCUT2D eigenvalue weighted by Crippen LogP contribution is -2.55. The summed E-state index contributed by atoms with van der Waals surface area (Å²) in [5.41, 5.74) is 3.24. The first kappa shape index (κ1) is 21.3.